The Morgan fingerprint density at radius 2 is 1.77 bits per heavy atom. The maximum Gasteiger partial charge on any atom is 0.295 e. The molecule has 0 bridgehead atoms. The number of benzene rings is 2. The van der Waals surface area contributed by atoms with Gasteiger partial charge in [-0.3, -0.25) is 9.59 Å². The number of ether oxygens (including phenoxy) is 2. The van der Waals surface area contributed by atoms with Crippen LogP contribution in [0.2, 0.25) is 5.02 Å². The molecular formula is C23H24ClNO6. The van der Waals surface area contributed by atoms with Gasteiger partial charge in [-0.05, 0) is 42.3 Å². The number of carbonyl (C=O) groups excluding carboxylic acids is 2. The molecule has 1 unspecified atom stereocenters. The Morgan fingerprint density at radius 3 is 2.39 bits per heavy atom. The number of aliphatic hydroxyl groups is 1. The average molecular weight is 446 g/mol. The molecule has 1 amide bonds. The van der Waals surface area contributed by atoms with Gasteiger partial charge in [-0.25, -0.2) is 0 Å². The highest BCUT2D eigenvalue weighted by molar-refractivity contribution is 6.46. The van der Waals surface area contributed by atoms with Crippen LogP contribution >= 0.6 is 11.6 Å². The van der Waals surface area contributed by atoms with E-state index in [1.165, 1.54) is 31.3 Å². The third-order valence-electron chi connectivity index (χ3n) is 5.23. The summed E-state index contributed by atoms with van der Waals surface area (Å²) in [4.78, 5) is 27.3. The average Bonchev–Trinajstić information content (AvgIpc) is 3.01. The summed E-state index contributed by atoms with van der Waals surface area (Å²) in [7, 11) is 2.85. The zero-order valence-electron chi connectivity index (χ0n) is 17.5. The van der Waals surface area contributed by atoms with E-state index in [1.807, 2.05) is 6.92 Å². The lowest BCUT2D eigenvalue weighted by Gasteiger charge is -2.25. The van der Waals surface area contributed by atoms with Gasteiger partial charge < -0.3 is 24.6 Å². The van der Waals surface area contributed by atoms with Crippen molar-refractivity contribution in [2.75, 3.05) is 20.8 Å². The number of methoxy groups -OCH3 is 2. The van der Waals surface area contributed by atoms with Gasteiger partial charge in [-0.1, -0.05) is 31.0 Å². The maximum atomic E-state index is 13.0. The third-order valence-corrected chi connectivity index (χ3v) is 5.46. The smallest absolute Gasteiger partial charge is 0.295 e. The molecule has 1 heterocycles. The van der Waals surface area contributed by atoms with Gasteiger partial charge >= 0.3 is 0 Å². The molecule has 0 aromatic heterocycles. The normalized spacial score (nSPS) is 17.8. The van der Waals surface area contributed by atoms with Crippen LogP contribution in [0.15, 0.2) is 42.0 Å². The number of rotatable bonds is 7. The predicted octanol–water partition coefficient (Wildman–Crippen LogP) is 4.28. The monoisotopic (exact) mass is 445 g/mol. The van der Waals surface area contributed by atoms with Crippen molar-refractivity contribution in [3.05, 3.63) is 58.1 Å². The summed E-state index contributed by atoms with van der Waals surface area (Å²) in [5, 5.41) is 21.8. The number of aliphatic hydroxyl groups excluding tert-OH is 1. The molecular weight excluding hydrogens is 422 g/mol. The van der Waals surface area contributed by atoms with Crippen LogP contribution < -0.4 is 9.47 Å². The van der Waals surface area contributed by atoms with Crippen molar-refractivity contribution in [2.24, 2.45) is 0 Å². The standard InChI is InChI=1S/C23H24ClNO6/c1-4-5-10-25-20(13-6-8-18(31-3)16(26)11-13)19(22(28)23(25)29)21(27)15-12-14(24)7-9-17(15)30-2/h6-9,11-12,20,26-27H,4-5,10H2,1-3H3/b21-19+. The van der Waals surface area contributed by atoms with Crippen molar-refractivity contribution >= 4 is 29.1 Å². The Balaban J connectivity index is 2.24. The number of amides is 1. The van der Waals surface area contributed by atoms with Crippen LogP contribution in [0.4, 0.5) is 0 Å². The van der Waals surface area contributed by atoms with Gasteiger partial charge in [-0.2, -0.15) is 0 Å². The number of phenolic OH excluding ortho intramolecular Hbond substituents is 1. The Morgan fingerprint density at radius 1 is 1.10 bits per heavy atom. The predicted molar refractivity (Wildman–Crippen MR) is 117 cm³/mol. The van der Waals surface area contributed by atoms with Crippen molar-refractivity contribution in [1.82, 2.24) is 4.90 Å². The second-order valence-electron chi connectivity index (χ2n) is 7.12. The molecule has 8 heteroatoms. The Bertz CT molecular complexity index is 1050. The number of Topliss-reactive ketones (excluding diaryl/α,β-unsaturated/α-hetero) is 1. The van der Waals surface area contributed by atoms with Crippen LogP contribution in [0.5, 0.6) is 17.2 Å². The topological polar surface area (TPSA) is 96.3 Å². The van der Waals surface area contributed by atoms with E-state index in [1.54, 1.807) is 24.3 Å². The van der Waals surface area contributed by atoms with Crippen molar-refractivity contribution in [2.45, 2.75) is 25.8 Å². The first-order chi connectivity index (χ1) is 14.8. The highest BCUT2D eigenvalue weighted by atomic mass is 35.5. The zero-order valence-corrected chi connectivity index (χ0v) is 18.3. The number of phenols is 1. The van der Waals surface area contributed by atoms with Crippen LogP contribution in [-0.4, -0.2) is 47.6 Å². The van der Waals surface area contributed by atoms with E-state index < -0.39 is 23.5 Å². The van der Waals surface area contributed by atoms with Crippen LogP contribution in [0, 0.1) is 0 Å². The largest absolute Gasteiger partial charge is 0.507 e. The summed E-state index contributed by atoms with van der Waals surface area (Å²) < 4.78 is 10.4. The van der Waals surface area contributed by atoms with E-state index >= 15 is 0 Å². The first-order valence-electron chi connectivity index (χ1n) is 9.83. The van der Waals surface area contributed by atoms with Crippen molar-refractivity contribution < 1.29 is 29.3 Å². The highest BCUT2D eigenvalue weighted by Crippen LogP contribution is 2.43. The van der Waals surface area contributed by atoms with Gasteiger partial charge in [0, 0.05) is 11.6 Å². The number of likely N-dealkylation sites (tertiary alicyclic amines) is 1. The van der Waals surface area contributed by atoms with Gasteiger partial charge in [0.05, 0.1) is 31.4 Å². The first kappa shape index (κ1) is 22.5. The third kappa shape index (κ3) is 4.18. The van der Waals surface area contributed by atoms with E-state index in [0.29, 0.717) is 29.3 Å². The Kier molecular flexibility index (Phi) is 6.75. The summed E-state index contributed by atoms with van der Waals surface area (Å²) in [5.41, 5.74) is 0.577. The van der Waals surface area contributed by atoms with Gasteiger partial charge in [-0.15, -0.1) is 0 Å². The van der Waals surface area contributed by atoms with Crippen molar-refractivity contribution in [3.8, 4) is 17.2 Å². The van der Waals surface area contributed by atoms with E-state index in [0.717, 1.165) is 6.42 Å². The van der Waals surface area contributed by atoms with Gasteiger partial charge in [0.25, 0.3) is 11.7 Å². The molecule has 164 valence electrons. The Hall–Kier alpha value is -3.19. The van der Waals surface area contributed by atoms with Crippen LogP contribution in [0.1, 0.15) is 36.9 Å². The molecule has 31 heavy (non-hydrogen) atoms. The SMILES string of the molecule is CCCCN1C(=O)C(=O)/C(=C(/O)c2cc(Cl)ccc2OC)C1c1ccc(OC)c(O)c1. The minimum Gasteiger partial charge on any atom is -0.507 e. The van der Waals surface area contributed by atoms with E-state index in [4.69, 9.17) is 21.1 Å². The molecule has 1 aliphatic rings. The van der Waals surface area contributed by atoms with Crippen molar-refractivity contribution in [1.29, 1.82) is 0 Å². The number of unbranched alkanes of at least 4 members (excludes halogenated alkanes) is 1. The fourth-order valence-electron chi connectivity index (χ4n) is 3.67. The highest BCUT2D eigenvalue weighted by Gasteiger charge is 2.46. The molecule has 1 aliphatic heterocycles. The fourth-order valence-corrected chi connectivity index (χ4v) is 3.85. The van der Waals surface area contributed by atoms with E-state index in [9.17, 15) is 19.8 Å². The van der Waals surface area contributed by atoms with Gasteiger partial charge in [0.15, 0.2) is 11.5 Å². The number of ketones is 1. The molecule has 0 radical (unpaired) electrons. The molecule has 7 nitrogen and oxygen atoms in total. The summed E-state index contributed by atoms with van der Waals surface area (Å²) in [6.07, 6.45) is 1.48. The number of carbonyl (C=O) groups is 2. The quantitative estimate of drug-likeness (QED) is 0.375. The van der Waals surface area contributed by atoms with Crippen LogP contribution in [0.3, 0.4) is 0 Å². The summed E-state index contributed by atoms with van der Waals surface area (Å²) in [6.45, 7) is 2.30. The van der Waals surface area contributed by atoms with Gasteiger partial charge in [0.2, 0.25) is 0 Å². The van der Waals surface area contributed by atoms with E-state index in [2.05, 4.69) is 0 Å². The molecule has 1 atom stereocenters. The zero-order chi connectivity index (χ0) is 22.7. The molecule has 0 aliphatic carbocycles. The first-order valence-corrected chi connectivity index (χ1v) is 10.2. The van der Waals surface area contributed by atoms with Crippen LogP contribution in [-0.2, 0) is 9.59 Å². The van der Waals surface area contributed by atoms with Gasteiger partial charge in [0.1, 0.15) is 11.5 Å². The minimum atomic E-state index is -0.882. The number of aromatic hydroxyl groups is 1. The molecule has 0 saturated carbocycles. The number of hydrogen-bond donors (Lipinski definition) is 2. The molecule has 3 rings (SSSR count). The molecule has 0 spiro atoms. The summed E-state index contributed by atoms with van der Waals surface area (Å²) in [6, 6.07) is 8.37. The lowest BCUT2D eigenvalue weighted by atomic mass is 9.94. The minimum absolute atomic E-state index is 0.0914. The lowest BCUT2D eigenvalue weighted by Crippen LogP contribution is -2.30. The second kappa shape index (κ2) is 9.31. The second-order valence-corrected chi connectivity index (χ2v) is 7.56. The number of hydrogen-bond acceptors (Lipinski definition) is 6. The maximum absolute atomic E-state index is 13.0. The molecule has 2 aromatic rings. The summed E-state index contributed by atoms with van der Waals surface area (Å²) in [5.74, 6) is -1.49. The lowest BCUT2D eigenvalue weighted by molar-refractivity contribution is -0.139. The Labute approximate surface area is 185 Å². The van der Waals surface area contributed by atoms with Crippen molar-refractivity contribution in [3.63, 3.8) is 0 Å². The molecule has 2 aromatic carbocycles. The van der Waals surface area contributed by atoms with E-state index in [-0.39, 0.29) is 22.6 Å². The number of halogens is 1. The number of nitrogens with zero attached hydrogens (tertiary/aromatic N) is 1. The van der Waals surface area contributed by atoms with Crippen LogP contribution in [0.25, 0.3) is 5.76 Å². The molecule has 1 fully saturated rings. The molecule has 2 N–H and O–H groups in total. The molecule has 1 saturated heterocycles. The summed E-state index contributed by atoms with van der Waals surface area (Å²) >= 11 is 6.10. The fraction of sp³-hybridized carbons (Fsp3) is 0.304.